The molecule has 1 unspecified atom stereocenters. The fraction of sp³-hybridized carbons (Fsp3) is 0.250. The first-order chi connectivity index (χ1) is 12.5. The predicted octanol–water partition coefficient (Wildman–Crippen LogP) is 3.63. The van der Waals surface area contributed by atoms with E-state index in [0.717, 1.165) is 11.1 Å². The number of hydrogen-bond donors (Lipinski definition) is 1. The number of rotatable bonds is 9. The Kier molecular flexibility index (Phi) is 7.12. The van der Waals surface area contributed by atoms with E-state index in [2.05, 4.69) is 11.7 Å². The number of hydrogen-bond acceptors (Lipinski definition) is 4. The summed E-state index contributed by atoms with van der Waals surface area (Å²) in [6.07, 6.45) is 3.92. The summed E-state index contributed by atoms with van der Waals surface area (Å²) >= 11 is 0. The van der Waals surface area contributed by atoms with E-state index in [9.17, 15) is 8.42 Å². The van der Waals surface area contributed by atoms with E-state index in [1.807, 2.05) is 37.3 Å². The first-order valence-electron chi connectivity index (χ1n) is 8.38. The maximum Gasteiger partial charge on any atom is 0.243 e. The van der Waals surface area contributed by atoms with Gasteiger partial charge in [-0.05, 0) is 37.5 Å². The molecule has 0 bridgehead atoms. The van der Waals surface area contributed by atoms with E-state index < -0.39 is 10.0 Å². The molecule has 5 nitrogen and oxygen atoms in total. The molecule has 6 heteroatoms. The highest BCUT2D eigenvalue weighted by Gasteiger charge is 2.30. The summed E-state index contributed by atoms with van der Waals surface area (Å²) in [5, 5.41) is 11.8. The summed E-state index contributed by atoms with van der Waals surface area (Å²) in [4.78, 5) is 0.219. The molecule has 2 aromatic rings. The molecule has 0 fully saturated rings. The number of sulfonamides is 1. The molecule has 138 valence electrons. The van der Waals surface area contributed by atoms with Crippen molar-refractivity contribution >= 4 is 16.2 Å². The summed E-state index contributed by atoms with van der Waals surface area (Å²) < 4.78 is 27.8. The van der Waals surface area contributed by atoms with Gasteiger partial charge in [0.15, 0.2) is 0 Å². The third-order valence-corrected chi connectivity index (χ3v) is 6.06. The molecule has 1 atom stereocenters. The molecule has 0 aliphatic heterocycles. The van der Waals surface area contributed by atoms with Gasteiger partial charge in [-0.2, -0.15) is 4.31 Å². The van der Waals surface area contributed by atoms with Crippen LogP contribution in [0.3, 0.4) is 0 Å². The number of nitrogens with zero attached hydrogens (tertiary/aromatic N) is 2. The van der Waals surface area contributed by atoms with Gasteiger partial charge < -0.3 is 5.21 Å². The lowest BCUT2D eigenvalue weighted by Gasteiger charge is -2.29. The van der Waals surface area contributed by atoms with Crippen LogP contribution in [0.15, 0.2) is 77.3 Å². The van der Waals surface area contributed by atoms with Gasteiger partial charge in [-0.3, -0.25) is 0 Å². The minimum absolute atomic E-state index is 0.0158. The second kappa shape index (κ2) is 9.31. The standard InChI is InChI=1S/C20H24N2O3S/c1-3-7-19(16-18-8-5-4-6-9-18)22(15-14-21-23)26(24,25)20-12-10-17(2)11-13-20/h3-6,8-14,19,23H,1,7,15-16H2,2H3/b21-14+. The van der Waals surface area contributed by atoms with Crippen molar-refractivity contribution in [2.24, 2.45) is 5.16 Å². The first-order valence-corrected chi connectivity index (χ1v) is 9.82. The Morgan fingerprint density at radius 3 is 2.38 bits per heavy atom. The Bertz CT molecular complexity index is 831. The number of aryl methyl sites for hydroxylation is 1. The second-order valence-electron chi connectivity index (χ2n) is 6.05. The molecule has 2 aromatic carbocycles. The van der Waals surface area contributed by atoms with Crippen LogP contribution in [0.4, 0.5) is 0 Å². The van der Waals surface area contributed by atoms with E-state index in [1.165, 1.54) is 10.5 Å². The average Bonchev–Trinajstić information content (AvgIpc) is 2.63. The zero-order valence-corrected chi connectivity index (χ0v) is 15.6. The third-order valence-electron chi connectivity index (χ3n) is 4.13. The van der Waals surface area contributed by atoms with Crippen molar-refractivity contribution in [3.63, 3.8) is 0 Å². The molecule has 1 N–H and O–H groups in total. The molecule has 0 saturated heterocycles. The molecule has 26 heavy (non-hydrogen) atoms. The van der Waals surface area contributed by atoms with Crippen LogP contribution < -0.4 is 0 Å². The lowest BCUT2D eigenvalue weighted by molar-refractivity contribution is 0.312. The molecule has 0 heterocycles. The van der Waals surface area contributed by atoms with Crippen molar-refractivity contribution in [3.8, 4) is 0 Å². The summed E-state index contributed by atoms with van der Waals surface area (Å²) in [7, 11) is -3.75. The van der Waals surface area contributed by atoms with Gasteiger partial charge in [0.2, 0.25) is 10.0 Å². The van der Waals surface area contributed by atoms with Crippen LogP contribution in [0.2, 0.25) is 0 Å². The van der Waals surface area contributed by atoms with Gasteiger partial charge in [-0.1, -0.05) is 54.1 Å². The molecular formula is C20H24N2O3S. The maximum atomic E-state index is 13.2. The van der Waals surface area contributed by atoms with Crippen molar-refractivity contribution in [1.29, 1.82) is 0 Å². The lowest BCUT2D eigenvalue weighted by atomic mass is 10.0. The monoisotopic (exact) mass is 372 g/mol. The van der Waals surface area contributed by atoms with Gasteiger partial charge in [0.25, 0.3) is 0 Å². The molecule has 0 radical (unpaired) electrons. The van der Waals surface area contributed by atoms with Crippen molar-refractivity contribution in [1.82, 2.24) is 4.31 Å². The molecule has 0 saturated carbocycles. The van der Waals surface area contributed by atoms with E-state index in [4.69, 9.17) is 5.21 Å². The summed E-state index contributed by atoms with van der Waals surface area (Å²) in [6.45, 7) is 5.66. The van der Waals surface area contributed by atoms with Crippen LogP contribution in [0, 0.1) is 6.92 Å². The Hall–Kier alpha value is -2.44. The smallest absolute Gasteiger partial charge is 0.243 e. The van der Waals surface area contributed by atoms with Crippen LogP contribution in [-0.2, 0) is 16.4 Å². The first kappa shape index (κ1) is 19.9. The zero-order valence-electron chi connectivity index (χ0n) is 14.8. The summed E-state index contributed by atoms with van der Waals surface area (Å²) in [6, 6.07) is 16.1. The van der Waals surface area contributed by atoms with Crippen LogP contribution >= 0.6 is 0 Å². The Morgan fingerprint density at radius 2 is 1.81 bits per heavy atom. The molecule has 0 spiro atoms. The summed E-state index contributed by atoms with van der Waals surface area (Å²) in [5.41, 5.74) is 2.02. The van der Waals surface area contributed by atoms with Crippen LogP contribution in [-0.4, -0.2) is 36.7 Å². The molecule has 0 aliphatic rings. The van der Waals surface area contributed by atoms with Crippen molar-refractivity contribution in [3.05, 3.63) is 78.4 Å². The Labute approximate surface area is 155 Å². The summed E-state index contributed by atoms with van der Waals surface area (Å²) in [5.74, 6) is 0. The molecule has 2 rings (SSSR count). The number of benzene rings is 2. The van der Waals surface area contributed by atoms with Gasteiger partial charge in [-0.15, -0.1) is 11.7 Å². The Balaban J connectivity index is 2.41. The fourth-order valence-corrected chi connectivity index (χ4v) is 4.35. The highest BCUT2D eigenvalue weighted by atomic mass is 32.2. The lowest BCUT2D eigenvalue weighted by Crippen LogP contribution is -2.42. The van der Waals surface area contributed by atoms with Crippen LogP contribution in [0.25, 0.3) is 0 Å². The van der Waals surface area contributed by atoms with Gasteiger partial charge in [-0.25, -0.2) is 8.42 Å². The number of oxime groups is 1. The van der Waals surface area contributed by atoms with E-state index in [1.54, 1.807) is 30.3 Å². The average molecular weight is 372 g/mol. The maximum absolute atomic E-state index is 13.2. The van der Waals surface area contributed by atoms with Gasteiger partial charge in [0.1, 0.15) is 0 Å². The van der Waals surface area contributed by atoms with E-state index >= 15 is 0 Å². The van der Waals surface area contributed by atoms with Gasteiger partial charge in [0.05, 0.1) is 17.7 Å². The third kappa shape index (κ3) is 5.03. The molecule has 0 amide bonds. The largest absolute Gasteiger partial charge is 0.411 e. The fourth-order valence-electron chi connectivity index (χ4n) is 2.79. The zero-order chi connectivity index (χ0) is 19.0. The van der Waals surface area contributed by atoms with Gasteiger partial charge in [0, 0.05) is 6.04 Å². The molecule has 0 aromatic heterocycles. The Morgan fingerprint density at radius 1 is 1.15 bits per heavy atom. The SMILES string of the molecule is C=CCC(Cc1ccccc1)N(C/C=N/O)S(=O)(=O)c1ccc(C)cc1. The molecular weight excluding hydrogens is 348 g/mol. The van der Waals surface area contributed by atoms with Crippen LogP contribution in [0.1, 0.15) is 17.5 Å². The minimum Gasteiger partial charge on any atom is -0.411 e. The second-order valence-corrected chi connectivity index (χ2v) is 7.94. The van der Waals surface area contributed by atoms with Crippen molar-refractivity contribution in [2.45, 2.75) is 30.7 Å². The topological polar surface area (TPSA) is 70.0 Å². The predicted molar refractivity (Wildman–Crippen MR) is 104 cm³/mol. The van der Waals surface area contributed by atoms with Crippen molar-refractivity contribution in [2.75, 3.05) is 6.54 Å². The van der Waals surface area contributed by atoms with E-state index in [0.29, 0.717) is 12.8 Å². The normalized spacial score (nSPS) is 13.2. The van der Waals surface area contributed by atoms with E-state index in [-0.39, 0.29) is 17.5 Å². The highest BCUT2D eigenvalue weighted by Crippen LogP contribution is 2.22. The van der Waals surface area contributed by atoms with Crippen LogP contribution in [0.5, 0.6) is 0 Å². The minimum atomic E-state index is -3.75. The quantitative estimate of drug-likeness (QED) is 0.316. The highest BCUT2D eigenvalue weighted by molar-refractivity contribution is 7.89. The van der Waals surface area contributed by atoms with Crippen molar-refractivity contribution < 1.29 is 13.6 Å². The van der Waals surface area contributed by atoms with Gasteiger partial charge >= 0.3 is 0 Å². The molecule has 0 aliphatic carbocycles.